The fourth-order valence-electron chi connectivity index (χ4n) is 1.80. The van der Waals surface area contributed by atoms with Gasteiger partial charge >= 0.3 is 0 Å². The van der Waals surface area contributed by atoms with Gasteiger partial charge in [-0.3, -0.25) is 0 Å². The summed E-state index contributed by atoms with van der Waals surface area (Å²) in [5, 5.41) is 3.26. The second-order valence-electron chi connectivity index (χ2n) is 5.45. The van der Waals surface area contributed by atoms with Gasteiger partial charge in [-0.05, 0) is 38.0 Å². The van der Waals surface area contributed by atoms with Crippen molar-refractivity contribution in [1.82, 2.24) is 10.0 Å². The van der Waals surface area contributed by atoms with Crippen molar-refractivity contribution in [2.24, 2.45) is 0 Å². The van der Waals surface area contributed by atoms with E-state index in [1.807, 2.05) is 20.8 Å². The number of hydrogen-bond acceptors (Lipinski definition) is 3. The van der Waals surface area contributed by atoms with Crippen LogP contribution >= 0.6 is 15.9 Å². The van der Waals surface area contributed by atoms with Crippen LogP contribution in [-0.2, 0) is 16.6 Å². The molecule has 0 fully saturated rings. The molecular formula is C13H21BrN2O2S. The lowest BCUT2D eigenvalue weighted by Gasteiger charge is -2.25. The van der Waals surface area contributed by atoms with Gasteiger partial charge in [0.15, 0.2) is 0 Å². The van der Waals surface area contributed by atoms with Gasteiger partial charge in [0.1, 0.15) is 0 Å². The average Bonchev–Trinajstić information content (AvgIpc) is 2.19. The number of aryl methyl sites for hydroxylation is 1. The first-order chi connectivity index (χ1) is 8.59. The van der Waals surface area contributed by atoms with Crippen LogP contribution in [-0.4, -0.2) is 26.8 Å². The number of rotatable bonds is 6. The minimum Gasteiger partial charge on any atom is -0.311 e. The van der Waals surface area contributed by atoms with Gasteiger partial charge in [0, 0.05) is 23.1 Å². The third-order valence-electron chi connectivity index (χ3n) is 2.59. The van der Waals surface area contributed by atoms with Crippen molar-refractivity contribution < 1.29 is 8.42 Å². The van der Waals surface area contributed by atoms with Crippen LogP contribution in [0.3, 0.4) is 0 Å². The molecule has 108 valence electrons. The van der Waals surface area contributed by atoms with Crippen molar-refractivity contribution in [3.8, 4) is 0 Å². The van der Waals surface area contributed by atoms with Gasteiger partial charge in [0.25, 0.3) is 0 Å². The summed E-state index contributed by atoms with van der Waals surface area (Å²) in [5.74, 6) is 0. The van der Waals surface area contributed by atoms with Crippen LogP contribution in [0.5, 0.6) is 0 Å². The molecule has 2 N–H and O–H groups in total. The first kappa shape index (κ1) is 16.6. The van der Waals surface area contributed by atoms with Crippen molar-refractivity contribution in [1.29, 1.82) is 0 Å². The van der Waals surface area contributed by atoms with Gasteiger partial charge in [0.2, 0.25) is 10.0 Å². The smallest absolute Gasteiger partial charge is 0.209 e. The molecule has 6 heteroatoms. The lowest BCUT2D eigenvalue weighted by Crippen LogP contribution is -2.49. The molecule has 0 amide bonds. The Hall–Kier alpha value is -0.430. The van der Waals surface area contributed by atoms with Crippen molar-refractivity contribution in [2.45, 2.75) is 32.9 Å². The molecule has 0 saturated heterocycles. The standard InChI is InChI=1S/C13H21BrN2O2S/c1-10-5-6-11(7-12(10)14)8-15-9-13(2,3)16-19(4,17)18/h5-7,15-16H,8-9H2,1-4H3. The number of hydrogen-bond donors (Lipinski definition) is 2. The average molecular weight is 349 g/mol. The highest BCUT2D eigenvalue weighted by Crippen LogP contribution is 2.17. The lowest BCUT2D eigenvalue weighted by atomic mass is 10.1. The van der Waals surface area contributed by atoms with Gasteiger partial charge < -0.3 is 5.32 Å². The molecule has 0 spiro atoms. The molecular weight excluding hydrogens is 328 g/mol. The molecule has 0 atom stereocenters. The summed E-state index contributed by atoms with van der Waals surface area (Å²) in [6, 6.07) is 6.18. The zero-order valence-electron chi connectivity index (χ0n) is 11.7. The van der Waals surface area contributed by atoms with E-state index in [0.717, 1.165) is 10.0 Å². The second-order valence-corrected chi connectivity index (χ2v) is 8.05. The molecule has 0 aromatic heterocycles. The van der Waals surface area contributed by atoms with Crippen molar-refractivity contribution in [2.75, 3.05) is 12.8 Å². The summed E-state index contributed by atoms with van der Waals surface area (Å²) in [5.41, 5.74) is 1.85. The van der Waals surface area contributed by atoms with Crippen molar-refractivity contribution >= 4 is 26.0 Å². The van der Waals surface area contributed by atoms with Gasteiger partial charge in [-0.2, -0.15) is 0 Å². The molecule has 0 aliphatic carbocycles. The number of benzene rings is 1. The maximum atomic E-state index is 11.2. The van der Waals surface area contributed by atoms with Crippen molar-refractivity contribution in [3.05, 3.63) is 33.8 Å². The molecule has 1 aromatic rings. The van der Waals surface area contributed by atoms with E-state index in [-0.39, 0.29) is 0 Å². The second kappa shape index (κ2) is 6.35. The van der Waals surface area contributed by atoms with E-state index in [1.165, 1.54) is 11.8 Å². The van der Waals surface area contributed by atoms with Gasteiger partial charge in [-0.15, -0.1) is 0 Å². The van der Waals surface area contributed by atoms with Crippen LogP contribution in [0, 0.1) is 6.92 Å². The van der Waals surface area contributed by atoms with E-state index in [1.54, 1.807) is 0 Å². The first-order valence-corrected chi connectivity index (χ1v) is 8.72. The van der Waals surface area contributed by atoms with Gasteiger partial charge in [0.05, 0.1) is 6.26 Å². The van der Waals surface area contributed by atoms with E-state index < -0.39 is 15.6 Å². The highest BCUT2D eigenvalue weighted by atomic mass is 79.9. The van der Waals surface area contributed by atoms with Crippen LogP contribution in [0.15, 0.2) is 22.7 Å². The predicted octanol–water partition coefficient (Wildman–Crippen LogP) is 2.17. The molecule has 4 nitrogen and oxygen atoms in total. The lowest BCUT2D eigenvalue weighted by molar-refractivity contribution is 0.421. The molecule has 0 radical (unpaired) electrons. The summed E-state index contributed by atoms with van der Waals surface area (Å²) in [4.78, 5) is 0. The molecule has 1 rings (SSSR count). The number of nitrogens with one attached hydrogen (secondary N) is 2. The monoisotopic (exact) mass is 348 g/mol. The quantitative estimate of drug-likeness (QED) is 0.828. The van der Waals surface area contributed by atoms with E-state index in [4.69, 9.17) is 0 Å². The summed E-state index contributed by atoms with van der Waals surface area (Å²) >= 11 is 3.50. The Balaban J connectivity index is 2.51. The highest BCUT2D eigenvalue weighted by molar-refractivity contribution is 9.10. The molecule has 0 unspecified atom stereocenters. The van der Waals surface area contributed by atoms with Crippen molar-refractivity contribution in [3.63, 3.8) is 0 Å². The van der Waals surface area contributed by atoms with Crippen LogP contribution in [0.2, 0.25) is 0 Å². The van der Waals surface area contributed by atoms with Crippen LogP contribution in [0.4, 0.5) is 0 Å². The van der Waals surface area contributed by atoms with Gasteiger partial charge in [-0.25, -0.2) is 13.1 Å². The van der Waals surface area contributed by atoms with Crippen LogP contribution in [0.1, 0.15) is 25.0 Å². The number of halogens is 1. The SMILES string of the molecule is Cc1ccc(CNCC(C)(C)NS(C)(=O)=O)cc1Br. The molecule has 0 bridgehead atoms. The van der Waals surface area contributed by atoms with Crippen LogP contribution in [0.25, 0.3) is 0 Å². The van der Waals surface area contributed by atoms with E-state index in [9.17, 15) is 8.42 Å². The molecule has 0 heterocycles. The minimum atomic E-state index is -3.19. The highest BCUT2D eigenvalue weighted by Gasteiger charge is 2.21. The Morgan fingerprint density at radius 1 is 1.32 bits per heavy atom. The first-order valence-electron chi connectivity index (χ1n) is 6.04. The Morgan fingerprint density at radius 3 is 2.47 bits per heavy atom. The maximum Gasteiger partial charge on any atom is 0.209 e. The van der Waals surface area contributed by atoms with E-state index >= 15 is 0 Å². The Labute approximate surface area is 124 Å². The molecule has 0 aliphatic heterocycles. The summed E-state index contributed by atoms with van der Waals surface area (Å²) in [6.07, 6.45) is 1.17. The maximum absolute atomic E-state index is 11.2. The Kier molecular flexibility index (Phi) is 5.55. The molecule has 19 heavy (non-hydrogen) atoms. The summed E-state index contributed by atoms with van der Waals surface area (Å²) in [6.45, 7) is 7.01. The normalized spacial score (nSPS) is 12.7. The predicted molar refractivity (Wildman–Crippen MR) is 82.6 cm³/mol. The topological polar surface area (TPSA) is 58.2 Å². The largest absolute Gasteiger partial charge is 0.311 e. The Morgan fingerprint density at radius 2 is 1.95 bits per heavy atom. The Bertz CT molecular complexity index is 542. The van der Waals surface area contributed by atoms with E-state index in [2.05, 4.69) is 44.2 Å². The fraction of sp³-hybridized carbons (Fsp3) is 0.538. The third-order valence-corrected chi connectivity index (χ3v) is 4.37. The summed E-state index contributed by atoms with van der Waals surface area (Å²) in [7, 11) is -3.19. The van der Waals surface area contributed by atoms with E-state index in [0.29, 0.717) is 13.1 Å². The molecule has 0 saturated carbocycles. The van der Waals surface area contributed by atoms with Crippen LogP contribution < -0.4 is 10.0 Å². The molecule has 0 aliphatic rings. The zero-order valence-corrected chi connectivity index (χ0v) is 14.2. The summed E-state index contributed by atoms with van der Waals surface area (Å²) < 4.78 is 26.1. The fourth-order valence-corrected chi connectivity index (χ4v) is 3.31. The minimum absolute atomic E-state index is 0.504. The third kappa shape index (κ3) is 6.51. The number of sulfonamides is 1. The van der Waals surface area contributed by atoms with Gasteiger partial charge in [-0.1, -0.05) is 28.1 Å². The zero-order chi connectivity index (χ0) is 14.7. The molecule has 1 aromatic carbocycles.